The van der Waals surface area contributed by atoms with Crippen LogP contribution < -0.4 is 10.5 Å². The summed E-state index contributed by atoms with van der Waals surface area (Å²) in [6.07, 6.45) is 0.881. The number of hydrogen-bond acceptors (Lipinski definition) is 6. The largest absolute Gasteiger partial charge is 0.493 e. The second kappa shape index (κ2) is 9.92. The molecule has 0 fully saturated rings. The van der Waals surface area contributed by atoms with Gasteiger partial charge >= 0.3 is 0 Å². The van der Waals surface area contributed by atoms with Gasteiger partial charge in [0.15, 0.2) is 15.6 Å². The van der Waals surface area contributed by atoms with Gasteiger partial charge in [-0.3, -0.25) is 4.79 Å². The fourth-order valence-corrected chi connectivity index (χ4v) is 3.01. The minimum absolute atomic E-state index is 0.0303. The van der Waals surface area contributed by atoms with Crippen LogP contribution in [-0.4, -0.2) is 44.4 Å². The number of hydrogen-bond donors (Lipinski definition) is 2. The Kier molecular flexibility index (Phi) is 7.60. The molecule has 0 radical (unpaired) electrons. The number of nitrogens with two attached hydrogens (primary N) is 1. The highest BCUT2D eigenvalue weighted by atomic mass is 32.2. The quantitative estimate of drug-likeness (QED) is 0.348. The summed E-state index contributed by atoms with van der Waals surface area (Å²) in [4.78, 5) is 16.9. The second-order valence-electron chi connectivity index (χ2n) is 6.13. The van der Waals surface area contributed by atoms with E-state index in [0.29, 0.717) is 11.4 Å². The highest BCUT2D eigenvalue weighted by Crippen LogP contribution is 2.18. The zero-order valence-electron chi connectivity index (χ0n) is 15.8. The van der Waals surface area contributed by atoms with Crippen LogP contribution in [0.15, 0.2) is 53.5 Å². The van der Waals surface area contributed by atoms with Crippen molar-refractivity contribution in [2.75, 3.05) is 18.1 Å². The number of nitrogens with zero attached hydrogens (tertiary/aromatic N) is 1. The smallest absolute Gasteiger partial charge is 0.178 e. The Morgan fingerprint density at radius 2 is 1.97 bits per heavy atom. The van der Waals surface area contributed by atoms with Gasteiger partial charge in [-0.2, -0.15) is 0 Å². The molecule has 2 aromatic rings. The number of Topliss-reactive ketones (excluding diaryl/α,β-unsaturated/α-hetero) is 1. The minimum atomic E-state index is -3.15. The summed E-state index contributed by atoms with van der Waals surface area (Å²) < 4.78 is 41.5. The van der Waals surface area contributed by atoms with Gasteiger partial charge in [-0.25, -0.2) is 17.8 Å². The van der Waals surface area contributed by atoms with Crippen LogP contribution in [0.2, 0.25) is 0 Å². The summed E-state index contributed by atoms with van der Waals surface area (Å²) in [7, 11) is -3.15. The minimum Gasteiger partial charge on any atom is -0.493 e. The van der Waals surface area contributed by atoms with E-state index in [2.05, 4.69) is 4.99 Å². The lowest BCUT2D eigenvalue weighted by Crippen LogP contribution is -2.31. The first-order valence-electron chi connectivity index (χ1n) is 8.83. The van der Waals surface area contributed by atoms with E-state index in [1.54, 1.807) is 25.1 Å². The zero-order chi connectivity index (χ0) is 21.4. The Morgan fingerprint density at radius 3 is 2.59 bits per heavy atom. The number of nitrogens with one attached hydrogen (secondary N) is 1. The van der Waals surface area contributed by atoms with Crippen LogP contribution in [0, 0.1) is 17.1 Å². The van der Waals surface area contributed by atoms with Crippen molar-refractivity contribution in [3.8, 4) is 5.75 Å². The Bertz CT molecular complexity index is 1000. The molecule has 0 aromatic heterocycles. The van der Waals surface area contributed by atoms with Crippen LogP contribution >= 0.6 is 0 Å². The third-order valence-corrected chi connectivity index (χ3v) is 5.74. The van der Waals surface area contributed by atoms with E-state index < -0.39 is 27.4 Å². The number of amidine groups is 1. The van der Waals surface area contributed by atoms with Crippen molar-refractivity contribution in [2.24, 2.45) is 16.6 Å². The average molecular weight is 419 g/mol. The third kappa shape index (κ3) is 6.49. The van der Waals surface area contributed by atoms with Crippen LogP contribution in [0.1, 0.15) is 17.3 Å². The molecule has 9 heteroatoms. The summed E-state index contributed by atoms with van der Waals surface area (Å²) in [6.45, 7) is 1.53. The molecule has 1 unspecified atom stereocenters. The molecule has 2 rings (SSSR count). The summed E-state index contributed by atoms with van der Waals surface area (Å²) in [5.41, 5.74) is 6.51. The monoisotopic (exact) mass is 419 g/mol. The van der Waals surface area contributed by atoms with E-state index >= 15 is 0 Å². The maximum absolute atomic E-state index is 13.0. The molecule has 0 spiro atoms. The molecule has 0 aliphatic carbocycles. The van der Waals surface area contributed by atoms with Crippen molar-refractivity contribution in [2.45, 2.75) is 6.92 Å². The van der Waals surface area contributed by atoms with Crippen LogP contribution in [0.3, 0.4) is 0 Å². The summed E-state index contributed by atoms with van der Waals surface area (Å²) in [5.74, 6) is -1.85. The van der Waals surface area contributed by atoms with Gasteiger partial charge in [0.2, 0.25) is 0 Å². The molecule has 7 nitrogen and oxygen atoms in total. The standard InChI is InChI=1S/C20H22FN3O4S/c1-2-29(26,27)11-10-28-17-5-3-4-14(12-17)19(25)18(13-22)20(23)24-16-8-6-15(21)7-9-16/h3-9,12-13,18,22H,2,10-11H2,1H3,(H2,23,24). The van der Waals surface area contributed by atoms with E-state index in [-0.39, 0.29) is 29.5 Å². The fraction of sp³-hybridized carbons (Fsp3) is 0.250. The lowest BCUT2D eigenvalue weighted by Gasteiger charge is -2.12. The van der Waals surface area contributed by atoms with E-state index in [9.17, 15) is 17.6 Å². The molecular formula is C20H22FN3O4S. The van der Waals surface area contributed by atoms with Crippen molar-refractivity contribution in [1.82, 2.24) is 0 Å². The van der Waals surface area contributed by atoms with Gasteiger partial charge in [0.25, 0.3) is 0 Å². The van der Waals surface area contributed by atoms with Crippen molar-refractivity contribution in [1.29, 1.82) is 5.41 Å². The average Bonchev–Trinajstić information content (AvgIpc) is 2.70. The molecule has 0 heterocycles. The van der Waals surface area contributed by atoms with E-state index in [0.717, 1.165) is 6.21 Å². The van der Waals surface area contributed by atoms with E-state index in [1.165, 1.54) is 30.3 Å². The molecule has 3 N–H and O–H groups in total. The second-order valence-corrected chi connectivity index (χ2v) is 8.61. The Balaban J connectivity index is 2.14. The van der Waals surface area contributed by atoms with Crippen molar-refractivity contribution in [3.63, 3.8) is 0 Å². The zero-order valence-corrected chi connectivity index (χ0v) is 16.7. The van der Waals surface area contributed by atoms with Crippen molar-refractivity contribution < 1.29 is 22.3 Å². The van der Waals surface area contributed by atoms with Crippen molar-refractivity contribution >= 4 is 33.4 Å². The molecule has 154 valence electrons. The first-order valence-corrected chi connectivity index (χ1v) is 10.7. The Morgan fingerprint density at radius 1 is 1.28 bits per heavy atom. The lowest BCUT2D eigenvalue weighted by atomic mass is 9.97. The first kappa shape index (κ1) is 22.2. The van der Waals surface area contributed by atoms with Gasteiger partial charge in [0.05, 0.1) is 11.4 Å². The molecule has 0 saturated carbocycles. The molecule has 0 saturated heterocycles. The summed E-state index contributed by atoms with van der Waals surface area (Å²) in [5, 5.41) is 7.56. The summed E-state index contributed by atoms with van der Waals surface area (Å²) in [6, 6.07) is 11.4. The van der Waals surface area contributed by atoms with Gasteiger partial charge in [0.1, 0.15) is 29.9 Å². The van der Waals surface area contributed by atoms with Crippen LogP contribution in [0.4, 0.5) is 10.1 Å². The van der Waals surface area contributed by atoms with Crippen LogP contribution in [-0.2, 0) is 9.84 Å². The third-order valence-electron chi connectivity index (χ3n) is 4.07. The number of sulfone groups is 1. The number of benzene rings is 2. The molecule has 0 bridgehead atoms. The topological polar surface area (TPSA) is 123 Å². The number of ether oxygens (including phenoxy) is 1. The van der Waals surface area contributed by atoms with Crippen LogP contribution in [0.25, 0.3) is 0 Å². The maximum Gasteiger partial charge on any atom is 0.178 e. The lowest BCUT2D eigenvalue weighted by molar-refractivity contribution is 0.0979. The normalized spacial score (nSPS) is 13.0. The predicted octanol–water partition coefficient (Wildman–Crippen LogP) is 2.78. The molecular weight excluding hydrogens is 397 g/mol. The molecule has 0 amide bonds. The molecule has 29 heavy (non-hydrogen) atoms. The number of carbonyl (C=O) groups is 1. The van der Waals surface area contributed by atoms with Crippen LogP contribution in [0.5, 0.6) is 5.75 Å². The maximum atomic E-state index is 13.0. The van der Waals surface area contributed by atoms with Gasteiger partial charge < -0.3 is 15.9 Å². The van der Waals surface area contributed by atoms with E-state index in [4.69, 9.17) is 15.9 Å². The molecule has 0 aliphatic rings. The number of rotatable bonds is 10. The summed E-state index contributed by atoms with van der Waals surface area (Å²) >= 11 is 0. The highest BCUT2D eigenvalue weighted by molar-refractivity contribution is 7.91. The van der Waals surface area contributed by atoms with Gasteiger partial charge in [-0.15, -0.1) is 0 Å². The van der Waals surface area contributed by atoms with Gasteiger partial charge in [-0.05, 0) is 36.4 Å². The number of ketones is 1. The highest BCUT2D eigenvalue weighted by Gasteiger charge is 2.22. The predicted molar refractivity (Wildman–Crippen MR) is 111 cm³/mol. The molecule has 2 aromatic carbocycles. The number of halogens is 1. The fourth-order valence-electron chi connectivity index (χ4n) is 2.38. The number of carbonyl (C=O) groups excluding carboxylic acids is 1. The van der Waals surface area contributed by atoms with Gasteiger partial charge in [0, 0.05) is 17.5 Å². The SMILES string of the molecule is CCS(=O)(=O)CCOc1cccc(C(=O)C(C=N)C(N)=Nc2ccc(F)cc2)c1. The van der Waals surface area contributed by atoms with E-state index in [1.807, 2.05) is 0 Å². The molecule has 0 aliphatic heterocycles. The van der Waals surface area contributed by atoms with Crippen molar-refractivity contribution in [3.05, 3.63) is 59.9 Å². The van der Waals surface area contributed by atoms with Gasteiger partial charge in [-0.1, -0.05) is 19.1 Å². The first-order chi connectivity index (χ1) is 13.8. The molecule has 1 atom stereocenters. The Hall–Kier alpha value is -3.07. The Labute approximate surface area is 168 Å². The number of aliphatic imine (C=N–C) groups is 1.